The van der Waals surface area contributed by atoms with Gasteiger partial charge in [-0.15, -0.1) is 11.8 Å². The van der Waals surface area contributed by atoms with Crippen LogP contribution in [-0.4, -0.2) is 16.1 Å². The molecule has 1 aromatic carbocycles. The van der Waals surface area contributed by atoms with Crippen molar-refractivity contribution in [1.82, 2.24) is 4.98 Å². The van der Waals surface area contributed by atoms with Gasteiger partial charge < -0.3 is 5.32 Å². The van der Waals surface area contributed by atoms with Crippen LogP contribution in [0.3, 0.4) is 0 Å². The van der Waals surface area contributed by atoms with Crippen molar-refractivity contribution < 1.29 is 18.0 Å². The van der Waals surface area contributed by atoms with Crippen LogP contribution >= 0.6 is 27.7 Å². The lowest BCUT2D eigenvalue weighted by Crippen LogP contribution is -2.17. The highest BCUT2D eigenvalue weighted by Crippen LogP contribution is 2.38. The number of benzene rings is 1. The number of anilines is 1. The number of nitrogens with zero attached hydrogens (tertiary/aromatic N) is 1. The number of carbonyl (C=O) groups excluding carboxylic acids is 1. The van der Waals surface area contributed by atoms with Crippen molar-refractivity contribution in [3.8, 4) is 0 Å². The van der Waals surface area contributed by atoms with Crippen LogP contribution in [0.15, 0.2) is 46.0 Å². The fraction of sp³-hybridized carbons (Fsp3) is 0.294. The molecule has 3 nitrogen and oxygen atoms in total. The zero-order chi connectivity index (χ0) is 18.6. The second kappa shape index (κ2) is 8.23. The molecule has 0 aliphatic heterocycles. The first-order valence-electron chi connectivity index (χ1n) is 7.50. The Kier molecular flexibility index (Phi) is 6.51. The van der Waals surface area contributed by atoms with E-state index in [1.807, 2.05) is 13.8 Å². The van der Waals surface area contributed by atoms with Gasteiger partial charge in [0.25, 0.3) is 5.91 Å². The summed E-state index contributed by atoms with van der Waals surface area (Å²) in [5.74, 6) is -0.651. The van der Waals surface area contributed by atoms with Gasteiger partial charge in [0, 0.05) is 27.0 Å². The van der Waals surface area contributed by atoms with Crippen LogP contribution in [0, 0.1) is 0 Å². The average molecular weight is 433 g/mol. The minimum Gasteiger partial charge on any atom is -0.321 e. The number of hydrogen-bond acceptors (Lipinski definition) is 3. The van der Waals surface area contributed by atoms with E-state index in [0.717, 1.165) is 12.5 Å². The summed E-state index contributed by atoms with van der Waals surface area (Å²) in [6.07, 6.45) is -0.941. The molecule has 2 rings (SSSR count). The quantitative estimate of drug-likeness (QED) is 0.588. The normalized spacial score (nSPS) is 12.7. The van der Waals surface area contributed by atoms with Gasteiger partial charge in [-0.3, -0.25) is 9.78 Å². The number of amides is 1. The molecule has 1 aromatic heterocycles. The highest BCUT2D eigenvalue weighted by Gasteiger charge is 2.34. The fourth-order valence-electron chi connectivity index (χ4n) is 1.99. The van der Waals surface area contributed by atoms with E-state index in [-0.39, 0.29) is 16.5 Å². The van der Waals surface area contributed by atoms with E-state index in [0.29, 0.717) is 9.37 Å². The Balaban J connectivity index is 2.31. The Morgan fingerprint density at radius 3 is 2.64 bits per heavy atom. The molecule has 0 spiro atoms. The molecule has 8 heteroatoms. The van der Waals surface area contributed by atoms with Crippen LogP contribution in [0.25, 0.3) is 0 Å². The number of thioether (sulfide) groups is 1. The van der Waals surface area contributed by atoms with Gasteiger partial charge in [-0.25, -0.2) is 0 Å². The first-order valence-corrected chi connectivity index (χ1v) is 9.17. The summed E-state index contributed by atoms with van der Waals surface area (Å²) in [4.78, 5) is 16.6. The lowest BCUT2D eigenvalue weighted by molar-refractivity contribution is -0.137. The predicted octanol–water partition coefficient (Wildman–Crippen LogP) is 6.01. The van der Waals surface area contributed by atoms with Crippen molar-refractivity contribution in [2.24, 2.45) is 0 Å². The largest absolute Gasteiger partial charge is 0.418 e. The maximum atomic E-state index is 13.4. The molecular weight excluding hydrogens is 417 g/mol. The second-order valence-electron chi connectivity index (χ2n) is 5.39. The molecular formula is C17H16BrF3N2OS. The van der Waals surface area contributed by atoms with Crippen LogP contribution in [-0.2, 0) is 6.18 Å². The summed E-state index contributed by atoms with van der Waals surface area (Å²) in [5, 5.41) is 2.53. The topological polar surface area (TPSA) is 42.0 Å². The third kappa shape index (κ3) is 5.47. The monoisotopic (exact) mass is 432 g/mol. The van der Waals surface area contributed by atoms with Crippen LogP contribution in [0.4, 0.5) is 18.9 Å². The lowest BCUT2D eigenvalue weighted by Gasteiger charge is -2.16. The molecule has 134 valence electrons. The Labute approximate surface area is 156 Å². The average Bonchev–Trinajstić information content (AvgIpc) is 2.55. The summed E-state index contributed by atoms with van der Waals surface area (Å²) < 4.78 is 40.7. The Morgan fingerprint density at radius 2 is 2.04 bits per heavy atom. The van der Waals surface area contributed by atoms with Crippen molar-refractivity contribution in [2.45, 2.75) is 36.6 Å². The standard InChI is InChI=1S/C17H16BrF3N2OS/c1-3-10(2)25-13-4-5-15(14(7-13)17(19,20)21)23-16(24)11-6-12(18)9-22-8-11/h4-10H,3H2,1-2H3,(H,23,24). The second-order valence-corrected chi connectivity index (χ2v) is 7.82. The molecule has 25 heavy (non-hydrogen) atoms. The van der Waals surface area contributed by atoms with Gasteiger partial charge in [-0.05, 0) is 46.6 Å². The number of aromatic nitrogens is 1. The molecule has 1 heterocycles. The van der Waals surface area contributed by atoms with E-state index in [4.69, 9.17) is 0 Å². The number of alkyl halides is 3. The van der Waals surface area contributed by atoms with Gasteiger partial charge in [0.1, 0.15) is 0 Å². The zero-order valence-electron chi connectivity index (χ0n) is 13.5. The van der Waals surface area contributed by atoms with E-state index in [1.54, 1.807) is 6.07 Å². The van der Waals surface area contributed by atoms with Gasteiger partial charge in [0.15, 0.2) is 0 Å². The van der Waals surface area contributed by atoms with Crippen LogP contribution in [0.2, 0.25) is 0 Å². The molecule has 0 saturated carbocycles. The van der Waals surface area contributed by atoms with Crippen LogP contribution in [0.1, 0.15) is 36.2 Å². The molecule has 0 fully saturated rings. The van der Waals surface area contributed by atoms with Crippen molar-refractivity contribution >= 4 is 39.3 Å². The number of hydrogen-bond donors (Lipinski definition) is 1. The smallest absolute Gasteiger partial charge is 0.321 e. The van der Waals surface area contributed by atoms with Crippen molar-refractivity contribution in [1.29, 1.82) is 0 Å². The van der Waals surface area contributed by atoms with Crippen molar-refractivity contribution in [3.63, 3.8) is 0 Å². The molecule has 0 bridgehead atoms. The summed E-state index contributed by atoms with van der Waals surface area (Å²) >= 11 is 4.55. The Bertz CT molecular complexity index is 768. The minimum absolute atomic E-state index is 0.167. The van der Waals surface area contributed by atoms with Crippen LogP contribution in [0.5, 0.6) is 0 Å². The summed E-state index contributed by atoms with van der Waals surface area (Å²) in [7, 11) is 0. The third-order valence-electron chi connectivity index (χ3n) is 3.42. The Hall–Kier alpha value is -1.54. The highest BCUT2D eigenvalue weighted by molar-refractivity contribution is 9.10. The molecule has 0 saturated heterocycles. The van der Waals surface area contributed by atoms with Gasteiger partial charge in [-0.1, -0.05) is 13.8 Å². The predicted molar refractivity (Wildman–Crippen MR) is 96.9 cm³/mol. The minimum atomic E-state index is -4.57. The number of rotatable bonds is 5. The summed E-state index contributed by atoms with van der Waals surface area (Å²) in [6, 6.07) is 5.44. The molecule has 0 aliphatic rings. The molecule has 1 N–H and O–H groups in total. The number of pyridine rings is 1. The molecule has 1 atom stereocenters. The SMILES string of the molecule is CCC(C)Sc1ccc(NC(=O)c2cncc(Br)c2)c(C(F)(F)F)c1. The number of nitrogens with one attached hydrogen (secondary N) is 1. The van der Waals surface area contributed by atoms with Crippen molar-refractivity contribution in [3.05, 3.63) is 52.3 Å². The number of halogens is 4. The lowest BCUT2D eigenvalue weighted by atomic mass is 10.1. The molecule has 0 aliphatic carbocycles. The molecule has 1 unspecified atom stereocenters. The van der Waals surface area contributed by atoms with E-state index in [1.165, 1.54) is 36.3 Å². The van der Waals surface area contributed by atoms with Crippen LogP contribution < -0.4 is 5.32 Å². The van der Waals surface area contributed by atoms with Crippen molar-refractivity contribution in [2.75, 3.05) is 5.32 Å². The van der Waals surface area contributed by atoms with Gasteiger partial charge in [0.05, 0.1) is 16.8 Å². The van der Waals surface area contributed by atoms with Gasteiger partial charge >= 0.3 is 6.18 Å². The summed E-state index contributed by atoms with van der Waals surface area (Å²) in [6.45, 7) is 3.93. The molecule has 1 amide bonds. The molecule has 0 radical (unpaired) electrons. The zero-order valence-corrected chi connectivity index (χ0v) is 15.9. The van der Waals surface area contributed by atoms with E-state index < -0.39 is 17.6 Å². The summed E-state index contributed by atoms with van der Waals surface area (Å²) in [5.41, 5.74) is -0.969. The van der Waals surface area contributed by atoms with E-state index in [2.05, 4.69) is 26.2 Å². The van der Waals surface area contributed by atoms with E-state index in [9.17, 15) is 18.0 Å². The van der Waals surface area contributed by atoms with Gasteiger partial charge in [0.2, 0.25) is 0 Å². The fourth-order valence-corrected chi connectivity index (χ4v) is 3.31. The van der Waals surface area contributed by atoms with E-state index >= 15 is 0 Å². The maximum Gasteiger partial charge on any atom is 0.418 e. The molecule has 2 aromatic rings. The van der Waals surface area contributed by atoms with Gasteiger partial charge in [-0.2, -0.15) is 13.2 Å². The first-order chi connectivity index (χ1) is 11.7. The Morgan fingerprint density at radius 1 is 1.32 bits per heavy atom. The number of carbonyl (C=O) groups is 1. The maximum absolute atomic E-state index is 13.4. The highest BCUT2D eigenvalue weighted by atomic mass is 79.9. The third-order valence-corrected chi connectivity index (χ3v) is 5.12. The first kappa shape index (κ1) is 19.8.